The summed E-state index contributed by atoms with van der Waals surface area (Å²) in [5.41, 5.74) is 5.75. The number of nitrogens with zero attached hydrogens (tertiary/aromatic N) is 1. The molecular weight excluding hydrogens is 213 g/mol. The van der Waals surface area contributed by atoms with Gasteiger partial charge >= 0.3 is 0 Å². The van der Waals surface area contributed by atoms with Gasteiger partial charge in [-0.05, 0) is 18.2 Å². The minimum atomic E-state index is -0.585. The summed E-state index contributed by atoms with van der Waals surface area (Å²) in [6.45, 7) is 0. The Morgan fingerprint density at radius 1 is 1.44 bits per heavy atom. The fourth-order valence-corrected chi connectivity index (χ4v) is 1.13. The Morgan fingerprint density at radius 2 is 2.25 bits per heavy atom. The number of carbonyl (C=O) groups excluding carboxylic acids is 1. The van der Waals surface area contributed by atoms with Crippen molar-refractivity contribution in [2.45, 2.75) is 0 Å². The molecule has 1 aromatic heterocycles. The number of carbonyl (C=O) groups is 1. The molecule has 3 N–H and O–H groups in total. The van der Waals surface area contributed by atoms with Gasteiger partial charge in [0.15, 0.2) is 5.69 Å². The molecule has 1 amide bonds. The lowest BCUT2D eigenvalue weighted by molar-refractivity contribution is 0.101. The van der Waals surface area contributed by atoms with Crippen LogP contribution in [0, 0.1) is 5.82 Å². The van der Waals surface area contributed by atoms with Gasteiger partial charge in [0.25, 0.3) is 5.91 Å². The van der Waals surface area contributed by atoms with Crippen LogP contribution in [0.3, 0.4) is 0 Å². The quantitative estimate of drug-likeness (QED) is 0.755. The maximum absolute atomic E-state index is 13.1. The fourth-order valence-electron chi connectivity index (χ4n) is 1.13. The lowest BCUT2D eigenvalue weighted by Crippen LogP contribution is -2.12. The zero-order chi connectivity index (χ0) is 11.5. The van der Waals surface area contributed by atoms with E-state index in [0.29, 0.717) is 5.69 Å². The molecule has 0 saturated carbocycles. The van der Waals surface area contributed by atoms with Crippen LogP contribution in [0.25, 0.3) is 0 Å². The summed E-state index contributed by atoms with van der Waals surface area (Å²) in [6.07, 6.45) is 1.28. The van der Waals surface area contributed by atoms with E-state index in [1.54, 1.807) is 0 Å². The van der Waals surface area contributed by atoms with Gasteiger partial charge in [0.05, 0.1) is 5.69 Å². The average molecular weight is 221 g/mol. The van der Waals surface area contributed by atoms with Crippen LogP contribution in [0.5, 0.6) is 0 Å². The molecule has 0 saturated heterocycles. The zero-order valence-corrected chi connectivity index (χ0v) is 8.11. The van der Waals surface area contributed by atoms with Gasteiger partial charge in [-0.15, -0.1) is 0 Å². The normalized spacial score (nSPS) is 10.1. The zero-order valence-electron chi connectivity index (χ0n) is 8.11. The number of benzene rings is 1. The van der Waals surface area contributed by atoms with Crippen LogP contribution in [0.2, 0.25) is 0 Å². The number of amides is 1. The SMILES string of the molecule is Nc1ccc(NC(=O)c2ccon2)cc1F. The average Bonchev–Trinajstić information content (AvgIpc) is 2.77. The van der Waals surface area contributed by atoms with E-state index >= 15 is 0 Å². The number of anilines is 2. The first-order valence-corrected chi connectivity index (χ1v) is 4.43. The third-order valence-corrected chi connectivity index (χ3v) is 1.93. The first kappa shape index (κ1) is 10.2. The van der Waals surface area contributed by atoms with E-state index < -0.39 is 11.7 Å². The molecule has 0 aliphatic carbocycles. The summed E-state index contributed by atoms with van der Waals surface area (Å²) in [7, 11) is 0. The van der Waals surface area contributed by atoms with Gasteiger partial charge in [-0.3, -0.25) is 4.79 Å². The van der Waals surface area contributed by atoms with Gasteiger partial charge in [0.2, 0.25) is 0 Å². The summed E-state index contributed by atoms with van der Waals surface area (Å²) in [5.74, 6) is -1.06. The van der Waals surface area contributed by atoms with E-state index in [4.69, 9.17) is 5.73 Å². The summed E-state index contributed by atoms with van der Waals surface area (Å²) in [5, 5.41) is 5.90. The van der Waals surface area contributed by atoms with Crippen molar-refractivity contribution in [3.8, 4) is 0 Å². The topological polar surface area (TPSA) is 81.1 Å². The first-order valence-electron chi connectivity index (χ1n) is 4.43. The highest BCUT2D eigenvalue weighted by Gasteiger charge is 2.09. The summed E-state index contributed by atoms with van der Waals surface area (Å²) >= 11 is 0. The highest BCUT2D eigenvalue weighted by Crippen LogP contribution is 2.16. The molecule has 0 aliphatic heterocycles. The van der Waals surface area contributed by atoms with Crippen LogP contribution in [0.15, 0.2) is 35.1 Å². The largest absolute Gasteiger partial charge is 0.396 e. The van der Waals surface area contributed by atoms with E-state index in [9.17, 15) is 9.18 Å². The lowest BCUT2D eigenvalue weighted by Gasteiger charge is -2.03. The van der Waals surface area contributed by atoms with E-state index in [0.717, 1.165) is 6.07 Å². The molecule has 2 rings (SSSR count). The number of rotatable bonds is 2. The molecule has 82 valence electrons. The Kier molecular flexibility index (Phi) is 2.55. The summed E-state index contributed by atoms with van der Waals surface area (Å²) in [6, 6.07) is 5.40. The van der Waals surface area contributed by atoms with Crippen molar-refractivity contribution in [1.82, 2.24) is 5.16 Å². The van der Waals surface area contributed by atoms with E-state index in [2.05, 4.69) is 15.0 Å². The Hall–Kier alpha value is -2.37. The standard InChI is InChI=1S/C10H8FN3O2/c11-7-5-6(1-2-8(7)12)13-10(15)9-3-4-16-14-9/h1-5H,12H2,(H,13,15). The molecule has 0 unspecified atom stereocenters. The monoisotopic (exact) mass is 221 g/mol. The van der Waals surface area contributed by atoms with Crippen LogP contribution in [0.1, 0.15) is 10.5 Å². The molecule has 0 radical (unpaired) electrons. The molecule has 0 atom stereocenters. The maximum atomic E-state index is 13.1. The van der Waals surface area contributed by atoms with Crippen molar-refractivity contribution in [3.63, 3.8) is 0 Å². The predicted molar refractivity (Wildman–Crippen MR) is 55.3 cm³/mol. The Labute approximate surface area is 90.0 Å². The van der Waals surface area contributed by atoms with Crippen LogP contribution < -0.4 is 11.1 Å². The molecule has 0 aliphatic rings. The number of hydrogen-bond donors (Lipinski definition) is 2. The predicted octanol–water partition coefficient (Wildman–Crippen LogP) is 1.65. The molecule has 2 aromatic rings. The van der Waals surface area contributed by atoms with Gasteiger partial charge in [-0.1, -0.05) is 5.16 Å². The van der Waals surface area contributed by atoms with Crippen LogP contribution >= 0.6 is 0 Å². The van der Waals surface area contributed by atoms with Crippen molar-refractivity contribution >= 4 is 17.3 Å². The van der Waals surface area contributed by atoms with E-state index in [1.165, 1.54) is 24.5 Å². The van der Waals surface area contributed by atoms with Gasteiger partial charge < -0.3 is 15.6 Å². The third kappa shape index (κ3) is 2.00. The Balaban J connectivity index is 2.15. The molecule has 0 bridgehead atoms. The van der Waals surface area contributed by atoms with Crippen LogP contribution in [-0.2, 0) is 0 Å². The second-order valence-corrected chi connectivity index (χ2v) is 3.08. The number of nitrogens with two attached hydrogens (primary N) is 1. The molecule has 5 nitrogen and oxygen atoms in total. The lowest BCUT2D eigenvalue weighted by atomic mass is 10.2. The van der Waals surface area contributed by atoms with Crippen molar-refractivity contribution in [2.75, 3.05) is 11.1 Å². The summed E-state index contributed by atoms with van der Waals surface area (Å²) in [4.78, 5) is 11.5. The first-order chi connectivity index (χ1) is 7.66. The molecular formula is C10H8FN3O2. The van der Waals surface area contributed by atoms with E-state index in [1.807, 2.05) is 0 Å². The van der Waals surface area contributed by atoms with Gasteiger partial charge in [-0.25, -0.2) is 4.39 Å². The number of halogens is 1. The number of nitrogen functional groups attached to an aromatic ring is 1. The Morgan fingerprint density at radius 3 is 2.88 bits per heavy atom. The maximum Gasteiger partial charge on any atom is 0.277 e. The van der Waals surface area contributed by atoms with E-state index in [-0.39, 0.29) is 11.4 Å². The van der Waals surface area contributed by atoms with Crippen molar-refractivity contribution in [2.24, 2.45) is 0 Å². The van der Waals surface area contributed by atoms with Crippen molar-refractivity contribution in [1.29, 1.82) is 0 Å². The minimum Gasteiger partial charge on any atom is -0.396 e. The van der Waals surface area contributed by atoms with Gasteiger partial charge in [-0.2, -0.15) is 0 Å². The highest BCUT2D eigenvalue weighted by molar-refractivity contribution is 6.02. The second-order valence-electron chi connectivity index (χ2n) is 3.08. The van der Waals surface area contributed by atoms with Crippen LogP contribution in [0.4, 0.5) is 15.8 Å². The minimum absolute atomic E-state index is 0.0273. The highest BCUT2D eigenvalue weighted by atomic mass is 19.1. The number of hydrogen-bond acceptors (Lipinski definition) is 4. The molecule has 16 heavy (non-hydrogen) atoms. The second kappa shape index (κ2) is 4.01. The molecule has 0 fully saturated rings. The number of nitrogens with one attached hydrogen (secondary N) is 1. The van der Waals surface area contributed by atoms with Gasteiger partial charge in [0.1, 0.15) is 12.1 Å². The third-order valence-electron chi connectivity index (χ3n) is 1.93. The molecule has 1 aromatic carbocycles. The number of aromatic nitrogens is 1. The summed E-state index contributed by atoms with van der Waals surface area (Å²) < 4.78 is 17.6. The van der Waals surface area contributed by atoms with Crippen LogP contribution in [-0.4, -0.2) is 11.1 Å². The molecule has 0 spiro atoms. The van der Waals surface area contributed by atoms with Gasteiger partial charge in [0, 0.05) is 11.8 Å². The van der Waals surface area contributed by atoms with Crippen molar-refractivity contribution < 1.29 is 13.7 Å². The Bertz CT molecular complexity index is 511. The molecule has 1 heterocycles. The molecule has 6 heteroatoms. The fraction of sp³-hybridized carbons (Fsp3) is 0. The smallest absolute Gasteiger partial charge is 0.277 e. The van der Waals surface area contributed by atoms with Crippen molar-refractivity contribution in [3.05, 3.63) is 42.0 Å².